The Morgan fingerprint density at radius 1 is 1.12 bits per heavy atom. The van der Waals surface area contributed by atoms with E-state index in [0.717, 1.165) is 36.7 Å². The maximum atomic E-state index is 13.1. The number of hydrogen-bond acceptors (Lipinski definition) is 6. The van der Waals surface area contributed by atoms with E-state index in [4.69, 9.17) is 14.0 Å². The van der Waals surface area contributed by atoms with Crippen LogP contribution in [0.3, 0.4) is 0 Å². The Balaban J connectivity index is 1.64. The van der Waals surface area contributed by atoms with Gasteiger partial charge in [0.15, 0.2) is 0 Å². The molecule has 1 aromatic heterocycles. The number of likely N-dealkylation sites (tertiary alicyclic amines) is 1. The lowest BCUT2D eigenvalue weighted by Gasteiger charge is -2.22. The molecular weight excluding hydrogens is 406 g/mol. The highest BCUT2D eigenvalue weighted by Gasteiger charge is 2.37. The fraction of sp³-hybridized carbons (Fsp3) is 0.360. The van der Waals surface area contributed by atoms with Crippen LogP contribution in [0.4, 0.5) is 0 Å². The molecule has 7 nitrogen and oxygen atoms in total. The van der Waals surface area contributed by atoms with E-state index in [9.17, 15) is 4.79 Å². The van der Waals surface area contributed by atoms with Crippen LogP contribution in [0.1, 0.15) is 38.9 Å². The number of rotatable bonds is 7. The average Bonchev–Trinajstić information content (AvgIpc) is 3.35. The van der Waals surface area contributed by atoms with Gasteiger partial charge in [0.05, 0.1) is 26.0 Å². The summed E-state index contributed by atoms with van der Waals surface area (Å²) in [6, 6.07) is 16.1. The van der Waals surface area contributed by atoms with E-state index in [-0.39, 0.29) is 17.9 Å². The summed E-state index contributed by atoms with van der Waals surface area (Å²) in [6.07, 6.45) is 0. The summed E-state index contributed by atoms with van der Waals surface area (Å²) in [5, 5.41) is 7.17. The molecule has 168 valence electrons. The molecule has 1 amide bonds. The van der Waals surface area contributed by atoms with Crippen molar-refractivity contribution >= 4 is 5.91 Å². The Bertz CT molecular complexity index is 1060. The van der Waals surface area contributed by atoms with Crippen LogP contribution >= 0.6 is 0 Å². The Hall–Kier alpha value is -3.32. The lowest BCUT2D eigenvalue weighted by Crippen LogP contribution is -2.40. The summed E-state index contributed by atoms with van der Waals surface area (Å²) >= 11 is 0. The summed E-state index contributed by atoms with van der Waals surface area (Å²) in [6.45, 7) is 5.85. The van der Waals surface area contributed by atoms with Crippen LogP contribution < -0.4 is 14.8 Å². The van der Waals surface area contributed by atoms with Gasteiger partial charge in [-0.25, -0.2) is 0 Å². The number of hydrogen-bond donors (Lipinski definition) is 1. The smallest absolute Gasteiger partial charge is 0.257 e. The zero-order valence-corrected chi connectivity index (χ0v) is 18.9. The molecule has 1 fully saturated rings. The topological polar surface area (TPSA) is 76.8 Å². The van der Waals surface area contributed by atoms with Crippen molar-refractivity contribution in [3.05, 3.63) is 76.7 Å². The molecule has 1 N–H and O–H groups in total. The van der Waals surface area contributed by atoms with Crippen molar-refractivity contribution in [2.24, 2.45) is 0 Å². The second kappa shape index (κ2) is 9.44. The highest BCUT2D eigenvalue weighted by molar-refractivity contribution is 5.96. The average molecular weight is 436 g/mol. The van der Waals surface area contributed by atoms with Crippen molar-refractivity contribution in [1.82, 2.24) is 15.4 Å². The quantitative estimate of drug-likeness (QED) is 0.610. The molecule has 2 aromatic carbocycles. The van der Waals surface area contributed by atoms with Crippen LogP contribution in [-0.2, 0) is 6.54 Å². The SMILES string of the molecule is COc1ccc(OC)c([C@@H]2CN(Cc3ccccc3)C[C@H]2NC(=O)c2c(C)noc2C)c1. The second-order valence-corrected chi connectivity index (χ2v) is 8.17. The molecule has 0 aliphatic carbocycles. The fourth-order valence-electron chi connectivity index (χ4n) is 4.49. The minimum atomic E-state index is -0.167. The molecule has 7 heteroatoms. The van der Waals surface area contributed by atoms with Crippen molar-refractivity contribution in [2.75, 3.05) is 27.3 Å². The Morgan fingerprint density at radius 2 is 1.91 bits per heavy atom. The number of amides is 1. The van der Waals surface area contributed by atoms with Crippen LogP contribution in [0, 0.1) is 13.8 Å². The lowest BCUT2D eigenvalue weighted by atomic mass is 9.92. The van der Waals surface area contributed by atoms with E-state index in [1.807, 2.05) is 36.4 Å². The fourth-order valence-corrected chi connectivity index (χ4v) is 4.49. The van der Waals surface area contributed by atoms with Crippen LogP contribution in [0.2, 0.25) is 0 Å². The number of benzene rings is 2. The summed E-state index contributed by atoms with van der Waals surface area (Å²) < 4.78 is 16.3. The lowest BCUT2D eigenvalue weighted by molar-refractivity contribution is 0.0932. The van der Waals surface area contributed by atoms with E-state index in [0.29, 0.717) is 17.0 Å². The first-order valence-electron chi connectivity index (χ1n) is 10.7. The predicted octanol–water partition coefficient (Wildman–Crippen LogP) is 3.71. The minimum absolute atomic E-state index is 0.0354. The van der Waals surface area contributed by atoms with Gasteiger partial charge in [0.25, 0.3) is 5.91 Å². The highest BCUT2D eigenvalue weighted by atomic mass is 16.5. The molecule has 1 aliphatic heterocycles. The van der Waals surface area contributed by atoms with Gasteiger partial charge in [-0.05, 0) is 37.6 Å². The van der Waals surface area contributed by atoms with Crippen LogP contribution in [0.15, 0.2) is 53.1 Å². The number of ether oxygens (including phenoxy) is 2. The molecule has 0 saturated carbocycles. The monoisotopic (exact) mass is 435 g/mol. The van der Waals surface area contributed by atoms with Gasteiger partial charge in [0.1, 0.15) is 22.8 Å². The van der Waals surface area contributed by atoms with Crippen molar-refractivity contribution in [3.8, 4) is 11.5 Å². The Labute approximate surface area is 188 Å². The molecule has 0 radical (unpaired) electrons. The zero-order chi connectivity index (χ0) is 22.7. The molecule has 0 spiro atoms. The molecule has 0 bridgehead atoms. The van der Waals surface area contributed by atoms with E-state index < -0.39 is 0 Å². The molecule has 4 rings (SSSR count). The van der Waals surface area contributed by atoms with Gasteiger partial charge in [-0.1, -0.05) is 35.5 Å². The summed E-state index contributed by atoms with van der Waals surface area (Å²) in [7, 11) is 3.32. The number of carbonyl (C=O) groups excluding carboxylic acids is 1. The summed E-state index contributed by atoms with van der Waals surface area (Å²) in [5.74, 6) is 1.94. The van der Waals surface area contributed by atoms with E-state index in [1.165, 1.54) is 5.56 Å². The van der Waals surface area contributed by atoms with Gasteiger partial charge in [-0.15, -0.1) is 0 Å². The molecule has 3 aromatic rings. The zero-order valence-electron chi connectivity index (χ0n) is 18.9. The third kappa shape index (κ3) is 4.48. The highest BCUT2D eigenvalue weighted by Crippen LogP contribution is 2.37. The van der Waals surface area contributed by atoms with Crippen LogP contribution in [-0.4, -0.2) is 49.3 Å². The predicted molar refractivity (Wildman–Crippen MR) is 121 cm³/mol. The Morgan fingerprint density at radius 3 is 2.56 bits per heavy atom. The normalized spacial score (nSPS) is 18.5. The minimum Gasteiger partial charge on any atom is -0.497 e. The van der Waals surface area contributed by atoms with Gasteiger partial charge in [0, 0.05) is 31.1 Å². The van der Waals surface area contributed by atoms with Gasteiger partial charge >= 0.3 is 0 Å². The number of aromatic nitrogens is 1. The molecule has 2 heterocycles. The standard InChI is InChI=1S/C25H29N3O4/c1-16-24(17(2)32-27-16)25(29)26-22-15-28(13-18-8-6-5-7-9-18)14-21(22)20-12-19(30-3)10-11-23(20)31-4/h5-12,21-22H,13-15H2,1-4H3,(H,26,29)/t21-,22+/m0/s1. The maximum Gasteiger partial charge on any atom is 0.257 e. The van der Waals surface area contributed by atoms with Gasteiger partial charge in [0.2, 0.25) is 0 Å². The third-order valence-corrected chi connectivity index (χ3v) is 6.06. The summed E-state index contributed by atoms with van der Waals surface area (Å²) in [5.41, 5.74) is 3.35. The van der Waals surface area contributed by atoms with Crippen LogP contribution in [0.5, 0.6) is 11.5 Å². The molecule has 2 atom stereocenters. The molecule has 32 heavy (non-hydrogen) atoms. The van der Waals surface area contributed by atoms with Gasteiger partial charge in [-0.3, -0.25) is 9.69 Å². The van der Waals surface area contributed by atoms with E-state index >= 15 is 0 Å². The van der Waals surface area contributed by atoms with Crippen molar-refractivity contribution in [2.45, 2.75) is 32.4 Å². The number of methoxy groups -OCH3 is 2. The number of nitrogens with zero attached hydrogens (tertiary/aromatic N) is 2. The Kier molecular flexibility index (Phi) is 6.46. The number of aryl methyl sites for hydroxylation is 2. The van der Waals surface area contributed by atoms with Crippen molar-refractivity contribution in [3.63, 3.8) is 0 Å². The number of carbonyl (C=O) groups is 1. The molecule has 1 aliphatic rings. The molecule has 0 unspecified atom stereocenters. The number of nitrogens with one attached hydrogen (secondary N) is 1. The molecular formula is C25H29N3O4. The van der Waals surface area contributed by atoms with Crippen molar-refractivity contribution < 1.29 is 18.8 Å². The first kappa shape index (κ1) is 21.9. The largest absolute Gasteiger partial charge is 0.497 e. The van der Waals surface area contributed by atoms with Gasteiger partial charge in [-0.2, -0.15) is 0 Å². The third-order valence-electron chi connectivity index (χ3n) is 6.06. The van der Waals surface area contributed by atoms with Gasteiger partial charge < -0.3 is 19.3 Å². The summed E-state index contributed by atoms with van der Waals surface area (Å²) in [4.78, 5) is 15.5. The van der Waals surface area contributed by atoms with Crippen LogP contribution in [0.25, 0.3) is 0 Å². The van der Waals surface area contributed by atoms with E-state index in [2.05, 4.69) is 27.5 Å². The van der Waals surface area contributed by atoms with E-state index in [1.54, 1.807) is 28.1 Å². The molecule has 1 saturated heterocycles. The second-order valence-electron chi connectivity index (χ2n) is 8.17. The van der Waals surface area contributed by atoms with Crippen molar-refractivity contribution in [1.29, 1.82) is 0 Å². The maximum absolute atomic E-state index is 13.1. The first-order chi connectivity index (χ1) is 15.5. The first-order valence-corrected chi connectivity index (χ1v) is 10.7.